The van der Waals surface area contributed by atoms with Crippen LogP contribution in [0.25, 0.3) is 0 Å². The van der Waals surface area contributed by atoms with Crippen molar-refractivity contribution >= 4 is 0 Å². The van der Waals surface area contributed by atoms with E-state index in [1.165, 1.54) is 11.1 Å². The lowest BCUT2D eigenvalue weighted by Crippen LogP contribution is -2.61. The maximum Gasteiger partial charge on any atom is 0.123 e. The maximum atomic E-state index is 5.71. The van der Waals surface area contributed by atoms with E-state index in [1.54, 1.807) is 7.11 Å². The Hall–Kier alpha value is -1.06. The third-order valence-electron chi connectivity index (χ3n) is 3.81. The van der Waals surface area contributed by atoms with Gasteiger partial charge in [0.05, 0.1) is 5.60 Å². The van der Waals surface area contributed by atoms with Crippen molar-refractivity contribution in [2.75, 3.05) is 20.2 Å². The van der Waals surface area contributed by atoms with Crippen molar-refractivity contribution in [1.29, 1.82) is 0 Å². The lowest BCUT2D eigenvalue weighted by molar-refractivity contribution is -0.0502. The first kappa shape index (κ1) is 11.1. The molecule has 0 bridgehead atoms. The van der Waals surface area contributed by atoms with Gasteiger partial charge in [0, 0.05) is 33.0 Å². The van der Waals surface area contributed by atoms with Gasteiger partial charge in [0.1, 0.15) is 11.9 Å². The molecule has 1 atom stereocenters. The topological polar surface area (TPSA) is 30.5 Å². The molecule has 0 aromatic heterocycles. The zero-order valence-corrected chi connectivity index (χ0v) is 10.5. The van der Waals surface area contributed by atoms with Crippen LogP contribution in [0.15, 0.2) is 18.2 Å². The Morgan fingerprint density at radius 1 is 1.47 bits per heavy atom. The van der Waals surface area contributed by atoms with Crippen molar-refractivity contribution in [1.82, 2.24) is 5.32 Å². The van der Waals surface area contributed by atoms with Crippen LogP contribution in [0.3, 0.4) is 0 Å². The van der Waals surface area contributed by atoms with E-state index in [-0.39, 0.29) is 5.60 Å². The van der Waals surface area contributed by atoms with Crippen LogP contribution in [-0.2, 0) is 17.6 Å². The summed E-state index contributed by atoms with van der Waals surface area (Å²) in [4.78, 5) is 0. The highest BCUT2D eigenvalue weighted by Gasteiger charge is 2.37. The zero-order valence-electron chi connectivity index (χ0n) is 10.5. The third-order valence-corrected chi connectivity index (χ3v) is 3.81. The third kappa shape index (κ3) is 1.94. The second kappa shape index (κ2) is 4.00. The lowest BCUT2D eigenvalue weighted by Gasteiger charge is -2.41. The summed E-state index contributed by atoms with van der Waals surface area (Å²) < 4.78 is 11.3. The molecule has 2 aliphatic heterocycles. The predicted octanol–water partition coefficient (Wildman–Crippen LogP) is 1.54. The van der Waals surface area contributed by atoms with Gasteiger partial charge in [0.15, 0.2) is 0 Å². The van der Waals surface area contributed by atoms with Gasteiger partial charge in [-0.15, -0.1) is 0 Å². The van der Waals surface area contributed by atoms with Crippen LogP contribution >= 0.6 is 0 Å². The highest BCUT2D eigenvalue weighted by atomic mass is 16.5. The molecular weight excluding hydrogens is 214 g/mol. The van der Waals surface area contributed by atoms with Crippen molar-refractivity contribution in [2.24, 2.45) is 0 Å². The molecule has 3 heteroatoms. The summed E-state index contributed by atoms with van der Waals surface area (Å²) in [6.07, 6.45) is 2.33. The van der Waals surface area contributed by atoms with E-state index >= 15 is 0 Å². The van der Waals surface area contributed by atoms with Gasteiger partial charge in [0.2, 0.25) is 0 Å². The first-order chi connectivity index (χ1) is 8.21. The average Bonchev–Trinajstić information content (AvgIpc) is 2.63. The van der Waals surface area contributed by atoms with E-state index in [0.29, 0.717) is 6.10 Å². The minimum atomic E-state index is 0.0132. The molecule has 1 aromatic rings. The highest BCUT2D eigenvalue weighted by Crippen LogP contribution is 2.31. The first-order valence-electron chi connectivity index (χ1n) is 6.25. The van der Waals surface area contributed by atoms with Gasteiger partial charge >= 0.3 is 0 Å². The fraction of sp³-hybridized carbons (Fsp3) is 0.571. The molecule has 92 valence electrons. The van der Waals surface area contributed by atoms with Crippen molar-refractivity contribution < 1.29 is 9.47 Å². The normalized spacial score (nSPS) is 24.9. The maximum absolute atomic E-state index is 5.71. The molecule has 3 nitrogen and oxygen atoms in total. The van der Waals surface area contributed by atoms with Gasteiger partial charge < -0.3 is 14.8 Å². The van der Waals surface area contributed by atoms with Crippen molar-refractivity contribution in [2.45, 2.75) is 31.5 Å². The van der Waals surface area contributed by atoms with E-state index in [9.17, 15) is 0 Å². The van der Waals surface area contributed by atoms with Crippen LogP contribution in [-0.4, -0.2) is 31.9 Å². The van der Waals surface area contributed by atoms with E-state index in [1.807, 2.05) is 0 Å². The molecule has 1 N–H and O–H groups in total. The summed E-state index contributed by atoms with van der Waals surface area (Å²) >= 11 is 0. The van der Waals surface area contributed by atoms with Gasteiger partial charge in [-0.05, 0) is 24.1 Å². The quantitative estimate of drug-likeness (QED) is 0.859. The second-order valence-corrected chi connectivity index (χ2v) is 5.24. The molecule has 2 heterocycles. The Bertz CT molecular complexity index is 421. The molecule has 3 rings (SSSR count). The zero-order chi connectivity index (χ0) is 11.9. The van der Waals surface area contributed by atoms with Gasteiger partial charge in [-0.25, -0.2) is 0 Å². The minimum absolute atomic E-state index is 0.0132. The number of hydrogen-bond donors (Lipinski definition) is 1. The number of rotatable bonds is 3. The standard InChI is InChI=1S/C14H19NO2/c1-10-5-12-6-11(3-4-13(12)17-10)7-14(16-2)8-15-9-14/h3-4,6,10,15H,5,7-9H2,1-2H3. The molecule has 0 radical (unpaired) electrons. The number of hydrogen-bond acceptors (Lipinski definition) is 3. The smallest absolute Gasteiger partial charge is 0.123 e. The fourth-order valence-corrected chi connectivity index (χ4v) is 2.70. The molecule has 17 heavy (non-hydrogen) atoms. The van der Waals surface area contributed by atoms with E-state index < -0.39 is 0 Å². The summed E-state index contributed by atoms with van der Waals surface area (Å²) in [5.41, 5.74) is 2.71. The Morgan fingerprint density at radius 3 is 2.94 bits per heavy atom. The van der Waals surface area contributed by atoms with Crippen molar-refractivity contribution in [3.8, 4) is 5.75 Å². The molecular formula is C14H19NO2. The highest BCUT2D eigenvalue weighted by molar-refractivity contribution is 5.41. The Balaban J connectivity index is 1.79. The molecule has 0 aliphatic carbocycles. The van der Waals surface area contributed by atoms with Crippen molar-refractivity contribution in [3.05, 3.63) is 29.3 Å². The van der Waals surface area contributed by atoms with Crippen LogP contribution in [0.5, 0.6) is 5.75 Å². The molecule has 2 aliphatic rings. The van der Waals surface area contributed by atoms with Crippen LogP contribution in [0.1, 0.15) is 18.1 Å². The second-order valence-electron chi connectivity index (χ2n) is 5.24. The summed E-state index contributed by atoms with van der Waals surface area (Å²) in [6.45, 7) is 4.02. The summed E-state index contributed by atoms with van der Waals surface area (Å²) in [5.74, 6) is 1.06. The molecule has 1 aromatic carbocycles. The molecule has 1 unspecified atom stereocenters. The number of nitrogens with one attached hydrogen (secondary N) is 1. The number of fused-ring (bicyclic) bond motifs is 1. The molecule has 1 fully saturated rings. The molecule has 0 spiro atoms. The molecule has 0 saturated carbocycles. The van der Waals surface area contributed by atoms with Gasteiger partial charge in [0.25, 0.3) is 0 Å². The summed E-state index contributed by atoms with van der Waals surface area (Å²) in [6, 6.07) is 6.54. The Labute approximate surface area is 102 Å². The summed E-state index contributed by atoms with van der Waals surface area (Å²) in [5, 5.41) is 3.28. The number of benzene rings is 1. The number of ether oxygens (including phenoxy) is 2. The van der Waals surface area contributed by atoms with Gasteiger partial charge in [-0.1, -0.05) is 12.1 Å². The first-order valence-corrected chi connectivity index (χ1v) is 6.25. The van der Waals surface area contributed by atoms with Crippen LogP contribution in [0, 0.1) is 0 Å². The molecule has 0 amide bonds. The van der Waals surface area contributed by atoms with Crippen LogP contribution in [0.2, 0.25) is 0 Å². The largest absolute Gasteiger partial charge is 0.490 e. The Kier molecular flexibility index (Phi) is 2.60. The van der Waals surface area contributed by atoms with E-state index in [2.05, 4.69) is 30.4 Å². The van der Waals surface area contributed by atoms with Gasteiger partial charge in [-0.3, -0.25) is 0 Å². The average molecular weight is 233 g/mol. The predicted molar refractivity (Wildman–Crippen MR) is 66.5 cm³/mol. The molecule has 1 saturated heterocycles. The van der Waals surface area contributed by atoms with Crippen LogP contribution in [0.4, 0.5) is 0 Å². The van der Waals surface area contributed by atoms with Gasteiger partial charge in [-0.2, -0.15) is 0 Å². The lowest BCUT2D eigenvalue weighted by atomic mass is 9.88. The monoisotopic (exact) mass is 233 g/mol. The van der Waals surface area contributed by atoms with E-state index in [4.69, 9.17) is 9.47 Å². The number of methoxy groups -OCH3 is 1. The van der Waals surface area contributed by atoms with Crippen molar-refractivity contribution in [3.63, 3.8) is 0 Å². The van der Waals surface area contributed by atoms with Crippen LogP contribution < -0.4 is 10.1 Å². The Morgan fingerprint density at radius 2 is 2.29 bits per heavy atom. The SMILES string of the molecule is COC1(Cc2ccc3c(c2)CC(C)O3)CNC1. The summed E-state index contributed by atoms with van der Waals surface area (Å²) in [7, 11) is 1.80. The van der Waals surface area contributed by atoms with E-state index in [0.717, 1.165) is 31.7 Å². The fourth-order valence-electron chi connectivity index (χ4n) is 2.70. The minimum Gasteiger partial charge on any atom is -0.490 e.